The standard InChI is InChI=1S/C16H21NO/c1-12(2)16(11-18)17(3)15-10-6-8-13-7-4-5-9-14(13)15/h4-10,12,16,18H,11H2,1-3H3. The van der Waals surface area contributed by atoms with E-state index in [2.05, 4.69) is 68.3 Å². The maximum Gasteiger partial charge on any atom is 0.0637 e. The van der Waals surface area contributed by atoms with Gasteiger partial charge in [0.15, 0.2) is 0 Å². The van der Waals surface area contributed by atoms with E-state index in [0.29, 0.717) is 5.92 Å². The van der Waals surface area contributed by atoms with Crippen LogP contribution in [-0.2, 0) is 0 Å². The molecule has 2 aromatic carbocycles. The van der Waals surface area contributed by atoms with Crippen LogP contribution in [0, 0.1) is 5.92 Å². The molecule has 0 amide bonds. The Morgan fingerprint density at radius 1 is 1.06 bits per heavy atom. The molecule has 2 heteroatoms. The molecule has 2 rings (SSSR count). The lowest BCUT2D eigenvalue weighted by Gasteiger charge is -2.32. The average molecular weight is 243 g/mol. The second kappa shape index (κ2) is 5.40. The number of nitrogens with zero attached hydrogens (tertiary/aromatic N) is 1. The molecule has 1 atom stereocenters. The third-order valence-corrected chi connectivity index (χ3v) is 3.60. The minimum atomic E-state index is 0.149. The van der Waals surface area contributed by atoms with Crippen molar-refractivity contribution in [1.29, 1.82) is 0 Å². The summed E-state index contributed by atoms with van der Waals surface area (Å²) in [6, 6.07) is 14.8. The van der Waals surface area contributed by atoms with Crippen molar-refractivity contribution in [2.45, 2.75) is 19.9 Å². The van der Waals surface area contributed by atoms with Crippen LogP contribution in [0.1, 0.15) is 13.8 Å². The summed E-state index contributed by atoms with van der Waals surface area (Å²) >= 11 is 0. The molecule has 0 saturated heterocycles. The van der Waals surface area contributed by atoms with Gasteiger partial charge >= 0.3 is 0 Å². The van der Waals surface area contributed by atoms with E-state index in [1.54, 1.807) is 0 Å². The van der Waals surface area contributed by atoms with Gasteiger partial charge in [-0.3, -0.25) is 0 Å². The minimum absolute atomic E-state index is 0.149. The molecule has 0 aromatic heterocycles. The minimum Gasteiger partial charge on any atom is -0.394 e. The number of hydrogen-bond acceptors (Lipinski definition) is 2. The highest BCUT2D eigenvalue weighted by Crippen LogP contribution is 2.28. The van der Waals surface area contributed by atoms with Gasteiger partial charge < -0.3 is 10.0 Å². The number of aliphatic hydroxyl groups is 1. The largest absolute Gasteiger partial charge is 0.394 e. The van der Waals surface area contributed by atoms with Gasteiger partial charge in [0.2, 0.25) is 0 Å². The first-order valence-corrected chi connectivity index (χ1v) is 6.46. The number of hydrogen-bond donors (Lipinski definition) is 1. The summed E-state index contributed by atoms with van der Waals surface area (Å²) in [5.74, 6) is 0.416. The first kappa shape index (κ1) is 12.9. The molecule has 0 heterocycles. The number of benzene rings is 2. The molecule has 0 spiro atoms. The first-order valence-electron chi connectivity index (χ1n) is 6.46. The Balaban J connectivity index is 2.47. The van der Waals surface area contributed by atoms with E-state index < -0.39 is 0 Å². The van der Waals surface area contributed by atoms with Gasteiger partial charge in [0, 0.05) is 18.1 Å². The van der Waals surface area contributed by atoms with Crippen molar-refractivity contribution in [3.05, 3.63) is 42.5 Å². The van der Waals surface area contributed by atoms with Gasteiger partial charge in [0.25, 0.3) is 0 Å². The van der Waals surface area contributed by atoms with Crippen molar-refractivity contribution >= 4 is 16.5 Å². The highest BCUT2D eigenvalue weighted by Gasteiger charge is 2.19. The second-order valence-electron chi connectivity index (χ2n) is 5.10. The Labute approximate surface area is 109 Å². The van der Waals surface area contributed by atoms with Crippen LogP contribution in [0.15, 0.2) is 42.5 Å². The Kier molecular flexibility index (Phi) is 3.87. The lowest BCUT2D eigenvalue weighted by atomic mass is 10.0. The van der Waals surface area contributed by atoms with E-state index in [1.807, 2.05) is 0 Å². The van der Waals surface area contributed by atoms with Crippen molar-refractivity contribution in [2.24, 2.45) is 5.92 Å². The summed E-state index contributed by atoms with van der Waals surface area (Å²) in [4.78, 5) is 2.19. The molecular formula is C16H21NO. The molecule has 0 aliphatic carbocycles. The molecule has 0 saturated carbocycles. The molecule has 0 fully saturated rings. The average Bonchev–Trinajstić information content (AvgIpc) is 2.38. The van der Waals surface area contributed by atoms with Crippen molar-refractivity contribution < 1.29 is 5.11 Å². The highest BCUT2D eigenvalue weighted by molar-refractivity contribution is 5.94. The Hall–Kier alpha value is -1.54. The van der Waals surface area contributed by atoms with E-state index in [1.165, 1.54) is 16.5 Å². The summed E-state index contributed by atoms with van der Waals surface area (Å²) in [5.41, 5.74) is 1.18. The molecule has 1 N–H and O–H groups in total. The van der Waals surface area contributed by atoms with E-state index >= 15 is 0 Å². The lowest BCUT2D eigenvalue weighted by molar-refractivity contribution is 0.234. The molecule has 18 heavy (non-hydrogen) atoms. The molecule has 96 valence electrons. The van der Waals surface area contributed by atoms with Crippen LogP contribution in [0.3, 0.4) is 0 Å². The van der Waals surface area contributed by atoms with Crippen LogP contribution in [0.2, 0.25) is 0 Å². The Morgan fingerprint density at radius 3 is 2.39 bits per heavy atom. The third-order valence-electron chi connectivity index (χ3n) is 3.60. The molecule has 0 aliphatic rings. The Bertz CT molecular complexity index is 516. The first-order chi connectivity index (χ1) is 8.65. The van der Waals surface area contributed by atoms with E-state index in [4.69, 9.17) is 0 Å². The second-order valence-corrected chi connectivity index (χ2v) is 5.10. The number of rotatable bonds is 4. The van der Waals surface area contributed by atoms with Crippen molar-refractivity contribution in [3.8, 4) is 0 Å². The monoisotopic (exact) mass is 243 g/mol. The van der Waals surface area contributed by atoms with Crippen LogP contribution in [0.25, 0.3) is 10.8 Å². The molecule has 2 nitrogen and oxygen atoms in total. The smallest absolute Gasteiger partial charge is 0.0637 e. The van der Waals surface area contributed by atoms with Gasteiger partial charge in [-0.25, -0.2) is 0 Å². The van der Waals surface area contributed by atoms with E-state index in [0.717, 1.165) is 0 Å². The van der Waals surface area contributed by atoms with Crippen LogP contribution in [0.4, 0.5) is 5.69 Å². The van der Waals surface area contributed by atoms with Crippen LogP contribution < -0.4 is 4.90 Å². The van der Waals surface area contributed by atoms with Gasteiger partial charge in [-0.2, -0.15) is 0 Å². The molecule has 0 bridgehead atoms. The molecular weight excluding hydrogens is 222 g/mol. The topological polar surface area (TPSA) is 23.5 Å². The van der Waals surface area contributed by atoms with Gasteiger partial charge in [-0.15, -0.1) is 0 Å². The summed E-state index contributed by atoms with van der Waals surface area (Å²) in [6.45, 7) is 4.46. The van der Waals surface area contributed by atoms with Gasteiger partial charge in [-0.05, 0) is 17.4 Å². The fraction of sp³-hybridized carbons (Fsp3) is 0.375. The van der Waals surface area contributed by atoms with Crippen molar-refractivity contribution in [2.75, 3.05) is 18.6 Å². The number of likely N-dealkylation sites (N-methyl/N-ethyl adjacent to an activating group) is 1. The van der Waals surface area contributed by atoms with Crippen LogP contribution in [0.5, 0.6) is 0 Å². The highest BCUT2D eigenvalue weighted by atomic mass is 16.3. The molecule has 0 radical (unpaired) electrons. The SMILES string of the molecule is CC(C)C(CO)N(C)c1cccc2ccccc12. The lowest BCUT2D eigenvalue weighted by Crippen LogP contribution is -2.39. The molecule has 2 aromatic rings. The fourth-order valence-electron chi connectivity index (χ4n) is 2.48. The van der Waals surface area contributed by atoms with Crippen molar-refractivity contribution in [3.63, 3.8) is 0 Å². The molecule has 1 unspecified atom stereocenters. The zero-order valence-electron chi connectivity index (χ0n) is 11.3. The van der Waals surface area contributed by atoms with Gasteiger partial charge in [-0.1, -0.05) is 50.2 Å². The summed E-state index contributed by atoms with van der Waals surface area (Å²) in [5, 5.41) is 12.0. The normalized spacial score (nSPS) is 12.9. The van der Waals surface area contributed by atoms with E-state index in [9.17, 15) is 5.11 Å². The predicted molar refractivity (Wildman–Crippen MR) is 78.1 cm³/mol. The van der Waals surface area contributed by atoms with Crippen LogP contribution >= 0.6 is 0 Å². The van der Waals surface area contributed by atoms with Crippen LogP contribution in [-0.4, -0.2) is 24.8 Å². The number of fused-ring (bicyclic) bond motifs is 1. The maximum atomic E-state index is 9.56. The summed E-state index contributed by atoms with van der Waals surface area (Å²) in [7, 11) is 2.06. The summed E-state index contributed by atoms with van der Waals surface area (Å²) in [6.07, 6.45) is 0. The fourth-order valence-corrected chi connectivity index (χ4v) is 2.48. The van der Waals surface area contributed by atoms with Crippen molar-refractivity contribution in [1.82, 2.24) is 0 Å². The zero-order valence-corrected chi connectivity index (χ0v) is 11.3. The zero-order chi connectivity index (χ0) is 13.1. The third kappa shape index (κ3) is 2.34. The van der Waals surface area contributed by atoms with E-state index in [-0.39, 0.29) is 12.6 Å². The predicted octanol–water partition coefficient (Wildman–Crippen LogP) is 3.29. The van der Waals surface area contributed by atoms with Gasteiger partial charge in [0.05, 0.1) is 12.6 Å². The van der Waals surface area contributed by atoms with Gasteiger partial charge in [0.1, 0.15) is 0 Å². The molecule has 0 aliphatic heterocycles. The number of aliphatic hydroxyl groups excluding tert-OH is 1. The number of anilines is 1. The maximum absolute atomic E-state index is 9.56. The quantitative estimate of drug-likeness (QED) is 0.890. The Morgan fingerprint density at radius 2 is 1.72 bits per heavy atom. The summed E-state index contributed by atoms with van der Waals surface area (Å²) < 4.78 is 0.